The van der Waals surface area contributed by atoms with Crippen molar-refractivity contribution in [2.75, 3.05) is 30.3 Å². The predicted molar refractivity (Wildman–Crippen MR) is 155 cm³/mol. The summed E-state index contributed by atoms with van der Waals surface area (Å²) in [4.78, 5) is 48.5. The van der Waals surface area contributed by atoms with Gasteiger partial charge in [0, 0.05) is 30.4 Å². The van der Waals surface area contributed by atoms with Gasteiger partial charge in [0.1, 0.15) is 5.82 Å². The largest absolute Gasteiger partial charge is 0.466 e. The number of aromatic nitrogens is 1. The van der Waals surface area contributed by atoms with Crippen molar-refractivity contribution in [1.82, 2.24) is 9.88 Å². The van der Waals surface area contributed by atoms with Crippen LogP contribution in [-0.4, -0.2) is 53.7 Å². The van der Waals surface area contributed by atoms with E-state index in [2.05, 4.69) is 31.4 Å². The number of amides is 2. The maximum atomic E-state index is 13.0. The molecule has 1 aliphatic heterocycles. The lowest BCUT2D eigenvalue weighted by Crippen LogP contribution is -2.36. The Labute approximate surface area is 237 Å². The molecule has 1 saturated heterocycles. The van der Waals surface area contributed by atoms with Crippen LogP contribution in [0.15, 0.2) is 65.8 Å². The molecule has 0 aliphatic carbocycles. The van der Waals surface area contributed by atoms with Crippen LogP contribution in [0.4, 0.5) is 17.2 Å². The normalized spacial score (nSPS) is 13.5. The number of ether oxygens (including phenoxy) is 1. The van der Waals surface area contributed by atoms with E-state index in [0.717, 1.165) is 25.9 Å². The van der Waals surface area contributed by atoms with Crippen molar-refractivity contribution in [2.24, 2.45) is 10.9 Å². The van der Waals surface area contributed by atoms with Crippen molar-refractivity contribution in [3.05, 3.63) is 82.5 Å². The van der Waals surface area contributed by atoms with Crippen molar-refractivity contribution in [3.8, 4) is 12.3 Å². The van der Waals surface area contributed by atoms with Gasteiger partial charge in [0.15, 0.2) is 0 Å². The third kappa shape index (κ3) is 7.46. The van der Waals surface area contributed by atoms with E-state index in [1.54, 1.807) is 54.9 Å². The number of likely N-dealkylation sites (tertiary alicyclic amines) is 1. The molecule has 0 spiro atoms. The minimum absolute atomic E-state index is 0.0640. The highest BCUT2D eigenvalue weighted by Crippen LogP contribution is 2.22. The molecule has 10 heteroatoms. The van der Waals surface area contributed by atoms with Gasteiger partial charge in [-0.2, -0.15) is 0 Å². The fourth-order valence-corrected chi connectivity index (χ4v) is 4.23. The highest BCUT2D eigenvalue weighted by molar-refractivity contribution is 6.30. The quantitative estimate of drug-likeness (QED) is 0.171. The number of nitrogens with zero attached hydrogens (tertiary/aromatic N) is 3. The Kier molecular flexibility index (Phi) is 9.49. The molecule has 9 nitrogen and oxygen atoms in total. The van der Waals surface area contributed by atoms with E-state index >= 15 is 0 Å². The van der Waals surface area contributed by atoms with Gasteiger partial charge in [-0.05, 0) is 74.4 Å². The van der Waals surface area contributed by atoms with Gasteiger partial charge in [0.05, 0.1) is 40.8 Å². The van der Waals surface area contributed by atoms with Crippen molar-refractivity contribution in [2.45, 2.75) is 19.8 Å². The molecular weight excluding hydrogens is 530 g/mol. The molecule has 1 aromatic heterocycles. The summed E-state index contributed by atoms with van der Waals surface area (Å²) in [6.45, 7) is 3.64. The third-order valence-corrected chi connectivity index (χ3v) is 6.52. The van der Waals surface area contributed by atoms with Crippen LogP contribution >= 0.6 is 11.6 Å². The summed E-state index contributed by atoms with van der Waals surface area (Å²) in [5, 5.41) is 5.90. The molecule has 0 bridgehead atoms. The molecule has 2 amide bonds. The lowest BCUT2D eigenvalue weighted by molar-refractivity contribution is -0.149. The Bertz CT molecular complexity index is 1440. The topological polar surface area (TPSA) is 113 Å². The number of carbonyl (C=O) groups is 3. The fraction of sp³-hybridized carbons (Fsp3) is 0.233. The number of hydrogen-bond acceptors (Lipinski definition) is 6. The van der Waals surface area contributed by atoms with Crippen LogP contribution in [0.25, 0.3) is 0 Å². The van der Waals surface area contributed by atoms with Crippen LogP contribution in [0.5, 0.6) is 0 Å². The van der Waals surface area contributed by atoms with E-state index in [1.165, 1.54) is 12.3 Å². The Morgan fingerprint density at radius 1 is 1.10 bits per heavy atom. The summed E-state index contributed by atoms with van der Waals surface area (Å²) in [5.41, 5.74) is 2.04. The fourth-order valence-electron chi connectivity index (χ4n) is 4.12. The van der Waals surface area contributed by atoms with E-state index < -0.39 is 11.8 Å². The number of nitrogens with one attached hydrogen (secondary N) is 2. The second kappa shape index (κ2) is 13.4. The molecule has 40 heavy (non-hydrogen) atoms. The van der Waals surface area contributed by atoms with E-state index in [0.29, 0.717) is 39.9 Å². The second-order valence-corrected chi connectivity index (χ2v) is 9.46. The number of pyridine rings is 1. The number of carbonyl (C=O) groups excluding carboxylic acids is 3. The molecule has 0 radical (unpaired) electrons. The lowest BCUT2D eigenvalue weighted by Gasteiger charge is -2.29. The zero-order chi connectivity index (χ0) is 28.5. The number of esters is 1. The van der Waals surface area contributed by atoms with E-state index in [4.69, 9.17) is 22.8 Å². The van der Waals surface area contributed by atoms with E-state index in [1.807, 2.05) is 6.92 Å². The lowest BCUT2D eigenvalue weighted by atomic mass is 9.97. The van der Waals surface area contributed by atoms with Crippen molar-refractivity contribution < 1.29 is 19.1 Å². The number of hydrogen-bond donors (Lipinski definition) is 2. The molecule has 3 aromatic rings. The Hall–Kier alpha value is -4.68. The van der Waals surface area contributed by atoms with Gasteiger partial charge in [0.2, 0.25) is 0 Å². The van der Waals surface area contributed by atoms with Crippen molar-refractivity contribution in [1.29, 1.82) is 0 Å². The highest BCUT2D eigenvalue weighted by Gasteiger charge is 2.25. The SMILES string of the molecule is C#Cc1ccc(NC(=O)c2ccc(N=CN3CCC(C(=O)OCC)CC3)cc2)c(C(=O)Nc2ccc(Cl)cn2)c1. The van der Waals surface area contributed by atoms with E-state index in [-0.39, 0.29) is 17.5 Å². The number of piperidine rings is 1. The number of benzene rings is 2. The minimum atomic E-state index is -0.488. The van der Waals surface area contributed by atoms with Crippen LogP contribution < -0.4 is 10.6 Å². The Morgan fingerprint density at radius 3 is 2.50 bits per heavy atom. The molecule has 2 heterocycles. The second-order valence-electron chi connectivity index (χ2n) is 9.03. The maximum absolute atomic E-state index is 13.0. The maximum Gasteiger partial charge on any atom is 0.309 e. The number of terminal acetylenes is 1. The predicted octanol–water partition coefficient (Wildman–Crippen LogP) is 5.16. The zero-order valence-corrected chi connectivity index (χ0v) is 22.6. The van der Waals surface area contributed by atoms with E-state index in [9.17, 15) is 14.4 Å². The first-order chi connectivity index (χ1) is 19.4. The van der Waals surface area contributed by atoms with Crippen LogP contribution in [0.1, 0.15) is 46.0 Å². The van der Waals surface area contributed by atoms with Gasteiger partial charge in [-0.3, -0.25) is 14.4 Å². The summed E-state index contributed by atoms with van der Waals surface area (Å²) in [6, 6.07) is 14.7. The smallest absolute Gasteiger partial charge is 0.309 e. The summed E-state index contributed by atoms with van der Waals surface area (Å²) < 4.78 is 5.11. The summed E-state index contributed by atoms with van der Waals surface area (Å²) >= 11 is 5.86. The Balaban J connectivity index is 1.39. The first-order valence-corrected chi connectivity index (χ1v) is 13.1. The van der Waals surface area contributed by atoms with Crippen LogP contribution in [0.2, 0.25) is 5.02 Å². The van der Waals surface area contributed by atoms with Gasteiger partial charge in [-0.15, -0.1) is 6.42 Å². The monoisotopic (exact) mass is 557 g/mol. The minimum Gasteiger partial charge on any atom is -0.466 e. The highest BCUT2D eigenvalue weighted by atomic mass is 35.5. The third-order valence-electron chi connectivity index (χ3n) is 6.30. The number of rotatable bonds is 8. The summed E-state index contributed by atoms with van der Waals surface area (Å²) in [5.74, 6) is 1.72. The molecule has 0 saturated carbocycles. The Morgan fingerprint density at radius 2 is 1.85 bits per heavy atom. The van der Waals surface area contributed by atoms with Crippen molar-refractivity contribution in [3.63, 3.8) is 0 Å². The zero-order valence-electron chi connectivity index (χ0n) is 21.9. The van der Waals surface area contributed by atoms with Gasteiger partial charge in [0.25, 0.3) is 11.8 Å². The molecule has 2 aromatic carbocycles. The number of anilines is 2. The number of halogens is 1. The van der Waals surface area contributed by atoms with Gasteiger partial charge in [-0.25, -0.2) is 9.98 Å². The molecule has 0 atom stereocenters. The average molecular weight is 558 g/mol. The van der Waals surface area contributed by atoms with Gasteiger partial charge in [-0.1, -0.05) is 17.5 Å². The van der Waals surface area contributed by atoms with Gasteiger partial charge < -0.3 is 20.3 Å². The first kappa shape index (κ1) is 28.3. The first-order valence-electron chi connectivity index (χ1n) is 12.8. The van der Waals surface area contributed by atoms with Crippen LogP contribution in [0.3, 0.4) is 0 Å². The summed E-state index contributed by atoms with van der Waals surface area (Å²) in [6.07, 6.45) is 10.1. The molecule has 4 rings (SSSR count). The molecule has 1 aliphatic rings. The van der Waals surface area contributed by atoms with Crippen LogP contribution in [0, 0.1) is 18.3 Å². The molecule has 2 N–H and O–H groups in total. The molecule has 204 valence electrons. The average Bonchev–Trinajstić information content (AvgIpc) is 2.98. The standard InChI is InChI=1S/C30H28ClN5O4/c1-3-20-5-11-26(25(17-20)29(38)35-27-12-8-23(31)18-32-27)34-28(37)21-6-9-24(10-7-21)33-19-36-15-13-22(14-16-36)30(39)40-4-2/h1,5-12,17-19,22H,4,13-16H2,2H3,(H,34,37)(H,32,35,38). The van der Waals surface area contributed by atoms with Gasteiger partial charge >= 0.3 is 5.97 Å². The molecular formula is C30H28ClN5O4. The number of aliphatic imine (C=N–C) groups is 1. The molecule has 0 unspecified atom stereocenters. The summed E-state index contributed by atoms with van der Waals surface area (Å²) in [7, 11) is 0. The van der Waals surface area contributed by atoms with Crippen molar-refractivity contribution >= 4 is 52.9 Å². The van der Waals surface area contributed by atoms with Crippen LogP contribution in [-0.2, 0) is 9.53 Å². The molecule has 1 fully saturated rings.